The summed E-state index contributed by atoms with van der Waals surface area (Å²) in [7, 11) is 3.97. The van der Waals surface area contributed by atoms with Gasteiger partial charge in [0.25, 0.3) is 0 Å². The molecule has 0 heterocycles. The van der Waals surface area contributed by atoms with Crippen LogP contribution in [0.5, 0.6) is 0 Å². The van der Waals surface area contributed by atoms with Crippen LogP contribution in [0, 0.1) is 0 Å². The first-order valence-electron chi connectivity index (χ1n) is 7.67. The van der Waals surface area contributed by atoms with Crippen LogP contribution in [0.1, 0.15) is 18.9 Å². The molecule has 130 valence electrons. The van der Waals surface area contributed by atoms with Crippen molar-refractivity contribution in [3.63, 3.8) is 0 Å². The summed E-state index contributed by atoms with van der Waals surface area (Å²) in [6.45, 7) is 2.83. The fraction of sp³-hybridized carbons (Fsp3) is 0.562. The molecule has 0 aliphatic carbocycles. The third-order valence-electron chi connectivity index (χ3n) is 3.17. The van der Waals surface area contributed by atoms with E-state index in [4.69, 9.17) is 0 Å². The molecule has 23 heavy (non-hydrogen) atoms. The van der Waals surface area contributed by atoms with E-state index in [1.807, 2.05) is 50.2 Å². The topological polar surface area (TPSA) is 39.7 Å². The first-order valence-corrected chi connectivity index (χ1v) is 7.67. The average molecular weight is 330 g/mol. The van der Waals surface area contributed by atoms with Crippen LogP contribution in [0.3, 0.4) is 0 Å². The SMILES string of the molecule is CCNC(=NCCC(F)(F)F)NCCc1ccc(N(C)C)cc1. The molecule has 2 N–H and O–H groups in total. The van der Waals surface area contributed by atoms with Crippen molar-refractivity contribution in [1.82, 2.24) is 10.6 Å². The molecule has 0 unspecified atom stereocenters. The van der Waals surface area contributed by atoms with Crippen LogP contribution >= 0.6 is 0 Å². The highest BCUT2D eigenvalue weighted by atomic mass is 19.4. The van der Waals surface area contributed by atoms with E-state index in [1.165, 1.54) is 0 Å². The van der Waals surface area contributed by atoms with Crippen molar-refractivity contribution < 1.29 is 13.2 Å². The van der Waals surface area contributed by atoms with Gasteiger partial charge < -0.3 is 15.5 Å². The average Bonchev–Trinajstić information content (AvgIpc) is 2.46. The molecule has 0 radical (unpaired) electrons. The summed E-state index contributed by atoms with van der Waals surface area (Å²) in [4.78, 5) is 5.96. The Balaban J connectivity index is 2.44. The number of guanidine groups is 1. The molecule has 7 heteroatoms. The first kappa shape index (κ1) is 19.1. The Morgan fingerprint density at radius 3 is 2.30 bits per heavy atom. The molecular weight excluding hydrogens is 305 g/mol. The second kappa shape index (κ2) is 9.27. The standard InChI is InChI=1S/C16H25F3N4/c1-4-20-15(22-12-10-16(17,18)19)21-11-9-13-5-7-14(8-6-13)23(2)3/h5-8H,4,9-12H2,1-3H3,(H2,20,21,22). The summed E-state index contributed by atoms with van der Waals surface area (Å²) in [6.07, 6.45) is -4.30. The van der Waals surface area contributed by atoms with Crippen molar-refractivity contribution in [2.45, 2.75) is 25.9 Å². The number of hydrogen-bond acceptors (Lipinski definition) is 2. The van der Waals surface area contributed by atoms with E-state index in [9.17, 15) is 13.2 Å². The highest BCUT2D eigenvalue weighted by Crippen LogP contribution is 2.18. The smallest absolute Gasteiger partial charge is 0.378 e. The number of alkyl halides is 3. The van der Waals surface area contributed by atoms with Gasteiger partial charge >= 0.3 is 6.18 Å². The Morgan fingerprint density at radius 1 is 1.13 bits per heavy atom. The van der Waals surface area contributed by atoms with Crippen molar-refractivity contribution >= 4 is 11.6 Å². The minimum absolute atomic E-state index is 0.267. The van der Waals surface area contributed by atoms with E-state index in [-0.39, 0.29) is 6.54 Å². The van der Waals surface area contributed by atoms with Crippen molar-refractivity contribution in [3.05, 3.63) is 29.8 Å². The van der Waals surface area contributed by atoms with Crippen LogP contribution in [-0.4, -0.2) is 45.9 Å². The highest BCUT2D eigenvalue weighted by molar-refractivity contribution is 5.79. The maximum absolute atomic E-state index is 12.1. The summed E-state index contributed by atoms with van der Waals surface area (Å²) in [5, 5.41) is 6.00. The number of halogens is 3. The van der Waals surface area contributed by atoms with Gasteiger partial charge in [-0.05, 0) is 31.0 Å². The maximum Gasteiger partial charge on any atom is 0.390 e. The molecule has 1 aromatic rings. The molecule has 0 fully saturated rings. The predicted octanol–water partition coefficient (Wildman–Crippen LogP) is 2.80. The second-order valence-corrected chi connectivity index (χ2v) is 5.36. The zero-order valence-corrected chi connectivity index (χ0v) is 13.9. The lowest BCUT2D eigenvalue weighted by Crippen LogP contribution is -2.38. The van der Waals surface area contributed by atoms with Crippen LogP contribution in [-0.2, 0) is 6.42 Å². The lowest BCUT2D eigenvalue weighted by molar-refractivity contribution is -0.132. The Kier molecular flexibility index (Phi) is 7.71. The number of nitrogens with one attached hydrogen (secondary N) is 2. The van der Waals surface area contributed by atoms with E-state index < -0.39 is 12.6 Å². The number of anilines is 1. The van der Waals surface area contributed by atoms with Gasteiger partial charge in [0, 0.05) is 32.9 Å². The van der Waals surface area contributed by atoms with Gasteiger partial charge in [-0.3, -0.25) is 4.99 Å². The molecule has 0 aliphatic heterocycles. The summed E-state index contributed by atoms with van der Waals surface area (Å²) < 4.78 is 36.4. The van der Waals surface area contributed by atoms with Crippen LogP contribution < -0.4 is 15.5 Å². The largest absolute Gasteiger partial charge is 0.390 e. The molecule has 0 saturated heterocycles. The number of hydrogen-bond donors (Lipinski definition) is 2. The highest BCUT2D eigenvalue weighted by Gasteiger charge is 2.26. The van der Waals surface area contributed by atoms with Crippen molar-refractivity contribution in [2.24, 2.45) is 4.99 Å². The van der Waals surface area contributed by atoms with Crippen molar-refractivity contribution in [1.29, 1.82) is 0 Å². The van der Waals surface area contributed by atoms with Crippen LogP contribution in [0.15, 0.2) is 29.3 Å². The van der Waals surface area contributed by atoms with Gasteiger partial charge in [-0.25, -0.2) is 0 Å². The Hall–Kier alpha value is -1.92. The second-order valence-electron chi connectivity index (χ2n) is 5.36. The van der Waals surface area contributed by atoms with E-state index in [0.29, 0.717) is 19.0 Å². The number of aliphatic imine (C=N–C) groups is 1. The Morgan fingerprint density at radius 2 is 1.78 bits per heavy atom. The summed E-state index contributed by atoms with van der Waals surface area (Å²) in [6, 6.07) is 8.17. The van der Waals surface area contributed by atoms with Gasteiger partial charge in [0.1, 0.15) is 0 Å². The lowest BCUT2D eigenvalue weighted by atomic mass is 10.1. The van der Waals surface area contributed by atoms with E-state index in [1.54, 1.807) is 0 Å². The molecule has 0 spiro atoms. The van der Waals surface area contributed by atoms with E-state index in [0.717, 1.165) is 17.7 Å². The maximum atomic E-state index is 12.1. The Bertz CT molecular complexity index is 481. The van der Waals surface area contributed by atoms with Gasteiger partial charge in [0.15, 0.2) is 5.96 Å². The molecule has 0 saturated carbocycles. The lowest BCUT2D eigenvalue weighted by Gasteiger charge is -2.14. The molecular formula is C16H25F3N4. The van der Waals surface area contributed by atoms with E-state index in [2.05, 4.69) is 15.6 Å². The molecule has 1 rings (SSSR count). The molecule has 0 atom stereocenters. The number of rotatable bonds is 7. The molecule has 0 bridgehead atoms. The summed E-state index contributed by atoms with van der Waals surface area (Å²) >= 11 is 0. The minimum atomic E-state index is -4.17. The zero-order valence-electron chi connectivity index (χ0n) is 13.9. The molecule has 0 aromatic heterocycles. The summed E-state index contributed by atoms with van der Waals surface area (Å²) in [5.74, 6) is 0.418. The van der Waals surface area contributed by atoms with Crippen molar-refractivity contribution in [3.8, 4) is 0 Å². The summed E-state index contributed by atoms with van der Waals surface area (Å²) in [5.41, 5.74) is 2.29. The zero-order chi connectivity index (χ0) is 17.3. The van der Waals surface area contributed by atoms with Crippen molar-refractivity contribution in [2.75, 3.05) is 38.6 Å². The molecule has 0 aliphatic rings. The van der Waals surface area contributed by atoms with E-state index >= 15 is 0 Å². The first-order chi connectivity index (χ1) is 10.8. The molecule has 1 aromatic carbocycles. The minimum Gasteiger partial charge on any atom is -0.378 e. The Labute approximate surface area is 135 Å². The van der Waals surface area contributed by atoms with Crippen LogP contribution in [0.25, 0.3) is 0 Å². The van der Waals surface area contributed by atoms with Crippen LogP contribution in [0.4, 0.5) is 18.9 Å². The molecule has 4 nitrogen and oxygen atoms in total. The monoisotopic (exact) mass is 330 g/mol. The van der Waals surface area contributed by atoms with Gasteiger partial charge in [-0.2, -0.15) is 13.2 Å². The third kappa shape index (κ3) is 8.32. The van der Waals surface area contributed by atoms with Gasteiger partial charge in [0.2, 0.25) is 0 Å². The third-order valence-corrected chi connectivity index (χ3v) is 3.17. The number of benzene rings is 1. The molecule has 0 amide bonds. The van der Waals surface area contributed by atoms with Gasteiger partial charge in [-0.15, -0.1) is 0 Å². The fourth-order valence-electron chi connectivity index (χ4n) is 1.92. The van der Waals surface area contributed by atoms with Gasteiger partial charge in [-0.1, -0.05) is 12.1 Å². The number of nitrogens with zero attached hydrogens (tertiary/aromatic N) is 2. The fourth-order valence-corrected chi connectivity index (χ4v) is 1.92. The van der Waals surface area contributed by atoms with Gasteiger partial charge in [0.05, 0.1) is 13.0 Å². The van der Waals surface area contributed by atoms with Crippen LogP contribution in [0.2, 0.25) is 0 Å². The normalized spacial score (nSPS) is 12.2. The predicted molar refractivity (Wildman–Crippen MR) is 89.1 cm³/mol. The quantitative estimate of drug-likeness (QED) is 0.596.